The fourth-order valence-corrected chi connectivity index (χ4v) is 5.16. The highest BCUT2D eigenvalue weighted by atomic mass is 32.2. The molecule has 17 heavy (non-hydrogen) atoms. The quantitative estimate of drug-likeness (QED) is 0.918. The maximum atomic E-state index is 13.6. The first-order valence-electron chi connectivity index (χ1n) is 5.74. The summed E-state index contributed by atoms with van der Waals surface area (Å²) in [7, 11) is 0. The number of halogens is 1. The number of hydrogen-bond acceptors (Lipinski definition) is 4. The van der Waals surface area contributed by atoms with Crippen molar-refractivity contribution in [1.29, 1.82) is 0 Å². The molecule has 1 aromatic heterocycles. The zero-order valence-corrected chi connectivity index (χ0v) is 11.3. The summed E-state index contributed by atoms with van der Waals surface area (Å²) in [6, 6.07) is 1.58. The first kappa shape index (κ1) is 13.2. The smallest absolute Gasteiger partial charge is 0.147 e. The predicted octanol–water partition coefficient (Wildman–Crippen LogP) is 2.88. The minimum absolute atomic E-state index is 0.0793. The zero-order chi connectivity index (χ0) is 12.3. The molecular weight excluding hydrogens is 257 g/mol. The third-order valence-corrected chi connectivity index (χ3v) is 6.26. The van der Waals surface area contributed by atoms with E-state index >= 15 is 0 Å². The maximum absolute atomic E-state index is 13.6. The lowest BCUT2D eigenvalue weighted by Crippen LogP contribution is -2.31. The summed E-state index contributed by atoms with van der Waals surface area (Å²) in [6.07, 6.45) is 2.97. The fraction of sp³-hybridized carbons (Fsp3) is 0.583. The van der Waals surface area contributed by atoms with Crippen LogP contribution in [-0.2, 0) is 0 Å². The summed E-state index contributed by atoms with van der Waals surface area (Å²) in [6.45, 7) is 2.12. The fourth-order valence-electron chi connectivity index (χ4n) is 2.03. The SMILES string of the molecule is CCC1SCCSC1C(O)c1ccncc1F. The van der Waals surface area contributed by atoms with E-state index in [9.17, 15) is 9.50 Å². The highest BCUT2D eigenvalue weighted by molar-refractivity contribution is 8.07. The molecule has 1 saturated heterocycles. The number of aliphatic hydroxyl groups is 1. The van der Waals surface area contributed by atoms with E-state index in [0.29, 0.717) is 10.8 Å². The molecule has 2 heterocycles. The van der Waals surface area contributed by atoms with E-state index in [1.165, 1.54) is 12.4 Å². The number of hydrogen-bond donors (Lipinski definition) is 1. The average Bonchev–Trinajstić information content (AvgIpc) is 2.38. The standard InChI is InChI=1S/C12H16FNOS2/c1-2-10-12(17-6-5-16-10)11(15)8-3-4-14-7-9(8)13/h3-4,7,10-12,15H,2,5-6H2,1H3. The van der Waals surface area contributed by atoms with Gasteiger partial charge in [-0.2, -0.15) is 23.5 Å². The van der Waals surface area contributed by atoms with Crippen molar-refractivity contribution in [2.45, 2.75) is 29.9 Å². The van der Waals surface area contributed by atoms with E-state index in [-0.39, 0.29) is 5.25 Å². The second kappa shape index (κ2) is 6.07. The molecule has 0 spiro atoms. The molecular formula is C12H16FNOS2. The van der Waals surface area contributed by atoms with Crippen molar-refractivity contribution in [2.24, 2.45) is 0 Å². The molecule has 2 rings (SSSR count). The lowest BCUT2D eigenvalue weighted by molar-refractivity contribution is 0.167. The molecule has 1 aliphatic rings. The number of aromatic nitrogens is 1. The normalized spacial score (nSPS) is 26.8. The number of thioether (sulfide) groups is 2. The van der Waals surface area contributed by atoms with E-state index in [2.05, 4.69) is 11.9 Å². The second-order valence-corrected chi connectivity index (χ2v) is 6.63. The minimum Gasteiger partial charge on any atom is -0.387 e. The van der Waals surface area contributed by atoms with Gasteiger partial charge in [0.05, 0.1) is 12.3 Å². The summed E-state index contributed by atoms with van der Waals surface area (Å²) in [5.41, 5.74) is 0.374. The third kappa shape index (κ3) is 2.95. The first-order chi connectivity index (χ1) is 8.24. The molecule has 1 aromatic rings. The number of rotatable bonds is 3. The van der Waals surface area contributed by atoms with Crippen LogP contribution < -0.4 is 0 Å². The summed E-state index contributed by atoms with van der Waals surface area (Å²) in [5, 5.41) is 10.8. The van der Waals surface area contributed by atoms with Gasteiger partial charge in [-0.15, -0.1) is 0 Å². The van der Waals surface area contributed by atoms with Crippen LogP contribution in [0.3, 0.4) is 0 Å². The molecule has 0 amide bonds. The predicted molar refractivity (Wildman–Crippen MR) is 71.9 cm³/mol. The van der Waals surface area contributed by atoms with Crippen LogP contribution in [0, 0.1) is 5.82 Å². The average molecular weight is 273 g/mol. The third-order valence-electron chi connectivity index (χ3n) is 2.93. The van der Waals surface area contributed by atoms with Gasteiger partial charge in [0.25, 0.3) is 0 Å². The van der Waals surface area contributed by atoms with Gasteiger partial charge in [-0.05, 0) is 12.5 Å². The van der Waals surface area contributed by atoms with Gasteiger partial charge in [-0.3, -0.25) is 4.98 Å². The Morgan fingerprint density at radius 3 is 3.00 bits per heavy atom. The van der Waals surface area contributed by atoms with Crippen molar-refractivity contribution in [2.75, 3.05) is 11.5 Å². The van der Waals surface area contributed by atoms with Crippen molar-refractivity contribution in [3.8, 4) is 0 Å². The van der Waals surface area contributed by atoms with E-state index in [0.717, 1.165) is 17.9 Å². The summed E-state index contributed by atoms with van der Waals surface area (Å²) >= 11 is 3.63. The van der Waals surface area contributed by atoms with Crippen molar-refractivity contribution in [1.82, 2.24) is 4.98 Å². The van der Waals surface area contributed by atoms with Crippen LogP contribution in [0.4, 0.5) is 4.39 Å². The topological polar surface area (TPSA) is 33.1 Å². The first-order valence-corrected chi connectivity index (χ1v) is 7.84. The molecule has 3 atom stereocenters. The number of pyridine rings is 1. The Kier molecular flexibility index (Phi) is 4.70. The Morgan fingerprint density at radius 2 is 2.29 bits per heavy atom. The molecule has 1 aliphatic heterocycles. The molecule has 0 bridgehead atoms. The van der Waals surface area contributed by atoms with Crippen LogP contribution >= 0.6 is 23.5 Å². The molecule has 5 heteroatoms. The van der Waals surface area contributed by atoms with E-state index in [1.807, 2.05) is 11.8 Å². The Morgan fingerprint density at radius 1 is 1.53 bits per heavy atom. The van der Waals surface area contributed by atoms with Crippen LogP contribution in [0.25, 0.3) is 0 Å². The Balaban J connectivity index is 2.18. The second-order valence-electron chi connectivity index (χ2n) is 3.99. The highest BCUT2D eigenvalue weighted by Gasteiger charge is 2.33. The van der Waals surface area contributed by atoms with Gasteiger partial charge >= 0.3 is 0 Å². The van der Waals surface area contributed by atoms with Crippen LogP contribution in [-0.4, -0.2) is 32.1 Å². The van der Waals surface area contributed by atoms with Crippen LogP contribution in [0.15, 0.2) is 18.5 Å². The van der Waals surface area contributed by atoms with Gasteiger partial charge in [0.2, 0.25) is 0 Å². The molecule has 0 saturated carbocycles. The van der Waals surface area contributed by atoms with Crippen LogP contribution in [0.2, 0.25) is 0 Å². The molecule has 94 valence electrons. The molecule has 1 fully saturated rings. The number of nitrogens with zero attached hydrogens (tertiary/aromatic N) is 1. The summed E-state index contributed by atoms with van der Waals surface area (Å²) in [4.78, 5) is 3.71. The van der Waals surface area contributed by atoms with Gasteiger partial charge in [-0.1, -0.05) is 6.92 Å². The van der Waals surface area contributed by atoms with Crippen molar-refractivity contribution >= 4 is 23.5 Å². The van der Waals surface area contributed by atoms with Crippen molar-refractivity contribution in [3.63, 3.8) is 0 Å². The van der Waals surface area contributed by atoms with Crippen LogP contribution in [0.5, 0.6) is 0 Å². The number of aliphatic hydroxyl groups excluding tert-OH is 1. The van der Waals surface area contributed by atoms with Gasteiger partial charge in [0.1, 0.15) is 5.82 Å². The van der Waals surface area contributed by atoms with Crippen LogP contribution in [0.1, 0.15) is 25.0 Å². The lowest BCUT2D eigenvalue weighted by atomic mass is 10.0. The monoisotopic (exact) mass is 273 g/mol. The Hall–Kier alpha value is -0.260. The van der Waals surface area contributed by atoms with E-state index < -0.39 is 11.9 Å². The molecule has 0 aliphatic carbocycles. The van der Waals surface area contributed by atoms with Gasteiger partial charge in [-0.25, -0.2) is 4.39 Å². The highest BCUT2D eigenvalue weighted by Crippen LogP contribution is 2.40. The Labute approximate surface area is 109 Å². The summed E-state index contributed by atoms with van der Waals surface area (Å²) < 4.78 is 13.6. The molecule has 0 aromatic carbocycles. The Bertz CT molecular complexity index is 377. The largest absolute Gasteiger partial charge is 0.387 e. The molecule has 3 unspecified atom stereocenters. The van der Waals surface area contributed by atoms with Crippen molar-refractivity contribution < 1.29 is 9.50 Å². The molecule has 1 N–H and O–H groups in total. The lowest BCUT2D eigenvalue weighted by Gasteiger charge is -2.33. The minimum atomic E-state index is -0.735. The van der Waals surface area contributed by atoms with Crippen molar-refractivity contribution in [3.05, 3.63) is 29.8 Å². The van der Waals surface area contributed by atoms with E-state index in [4.69, 9.17) is 0 Å². The van der Waals surface area contributed by atoms with Gasteiger partial charge in [0.15, 0.2) is 0 Å². The van der Waals surface area contributed by atoms with Gasteiger partial charge in [0, 0.05) is 33.8 Å². The molecule has 0 radical (unpaired) electrons. The maximum Gasteiger partial charge on any atom is 0.147 e. The van der Waals surface area contributed by atoms with E-state index in [1.54, 1.807) is 17.8 Å². The van der Waals surface area contributed by atoms with Gasteiger partial charge < -0.3 is 5.11 Å². The molecule has 2 nitrogen and oxygen atoms in total. The zero-order valence-electron chi connectivity index (χ0n) is 9.67. The summed E-state index contributed by atoms with van der Waals surface area (Å²) in [5.74, 6) is 1.73.